The van der Waals surface area contributed by atoms with E-state index in [-0.39, 0.29) is 6.10 Å². The number of rotatable bonds is 4. The van der Waals surface area contributed by atoms with Crippen LogP contribution in [0.4, 0.5) is 0 Å². The Bertz CT molecular complexity index is 1190. The molecule has 4 rings (SSSR count). The highest BCUT2D eigenvalue weighted by atomic mass is 35.5. The Balaban J connectivity index is 1.95. The third kappa shape index (κ3) is 4.55. The van der Waals surface area contributed by atoms with E-state index in [9.17, 15) is 4.79 Å². The molecule has 5 nitrogen and oxygen atoms in total. The molecule has 1 atom stereocenters. The summed E-state index contributed by atoms with van der Waals surface area (Å²) in [6.45, 7) is 1.20. The second kappa shape index (κ2) is 8.89. The van der Waals surface area contributed by atoms with Crippen molar-refractivity contribution in [3.63, 3.8) is 0 Å². The molecule has 158 valence electrons. The van der Waals surface area contributed by atoms with Crippen LogP contribution >= 0.6 is 34.8 Å². The number of carbonyl (C=O) groups excluding carboxylic acids is 1. The van der Waals surface area contributed by atoms with Crippen LogP contribution in [-0.2, 0) is 4.79 Å². The van der Waals surface area contributed by atoms with E-state index in [1.54, 1.807) is 36.4 Å². The number of nitrogens with one attached hydrogen (secondary N) is 1. The molecule has 31 heavy (non-hydrogen) atoms. The predicted octanol–water partition coefficient (Wildman–Crippen LogP) is 5.61. The van der Waals surface area contributed by atoms with E-state index in [1.165, 1.54) is 0 Å². The average Bonchev–Trinajstić information content (AvgIpc) is 2.73. The minimum atomic E-state index is -0.627. The highest BCUT2D eigenvalue weighted by Gasteiger charge is 2.25. The minimum Gasteiger partial charge on any atom is -0.470 e. The smallest absolute Gasteiger partial charge is 0.250 e. The molecule has 2 aromatic carbocycles. The Labute approximate surface area is 194 Å². The van der Waals surface area contributed by atoms with Gasteiger partial charge in [-0.3, -0.25) is 4.79 Å². The molecule has 3 aromatic rings. The number of fused-ring (bicyclic) bond motifs is 1. The number of hydrogen-bond donors (Lipinski definition) is 2. The maximum Gasteiger partial charge on any atom is 0.250 e. The first kappa shape index (κ1) is 21.7. The minimum absolute atomic E-state index is 0.330. The van der Waals surface area contributed by atoms with Crippen LogP contribution in [0.3, 0.4) is 0 Å². The summed E-state index contributed by atoms with van der Waals surface area (Å²) in [6, 6.07) is 14.4. The Kier molecular flexibility index (Phi) is 6.21. The molecule has 0 radical (unpaired) electrons. The van der Waals surface area contributed by atoms with Gasteiger partial charge in [0.15, 0.2) is 0 Å². The average molecular weight is 476 g/mol. The van der Waals surface area contributed by atoms with Crippen LogP contribution in [0.2, 0.25) is 15.1 Å². The Morgan fingerprint density at radius 2 is 1.74 bits per heavy atom. The first-order valence-corrected chi connectivity index (χ1v) is 10.5. The van der Waals surface area contributed by atoms with Crippen LogP contribution in [0.1, 0.15) is 12.5 Å². The predicted molar refractivity (Wildman–Crippen MR) is 123 cm³/mol. The van der Waals surface area contributed by atoms with Gasteiger partial charge in [0.2, 0.25) is 11.8 Å². The number of ether oxygens (including phenoxy) is 1. The van der Waals surface area contributed by atoms with Crippen molar-refractivity contribution < 1.29 is 14.6 Å². The summed E-state index contributed by atoms with van der Waals surface area (Å²) in [5, 5.41) is 13.4. The number of amides is 1. The molecular formula is C23H17Cl3N2O3. The summed E-state index contributed by atoms with van der Waals surface area (Å²) in [5.41, 5.74) is 4.02. The molecule has 0 fully saturated rings. The van der Waals surface area contributed by atoms with Crippen molar-refractivity contribution >= 4 is 46.4 Å². The monoisotopic (exact) mass is 474 g/mol. The summed E-state index contributed by atoms with van der Waals surface area (Å²) in [4.78, 5) is 16.6. The lowest BCUT2D eigenvalue weighted by molar-refractivity contribution is -0.122. The maximum absolute atomic E-state index is 11.8. The van der Waals surface area contributed by atoms with E-state index in [1.807, 2.05) is 25.1 Å². The van der Waals surface area contributed by atoms with Gasteiger partial charge < -0.3 is 15.2 Å². The lowest BCUT2D eigenvalue weighted by Crippen LogP contribution is -2.29. The molecular weight excluding hydrogens is 459 g/mol. The molecule has 2 N–H and O–H groups in total. The zero-order valence-corrected chi connectivity index (χ0v) is 18.6. The van der Waals surface area contributed by atoms with Crippen LogP contribution in [0.5, 0.6) is 5.88 Å². The number of nitrogens with zero attached hydrogens (tertiary/aromatic N) is 1. The normalized spacial score (nSPS) is 15.0. The van der Waals surface area contributed by atoms with Gasteiger partial charge >= 0.3 is 0 Å². The summed E-state index contributed by atoms with van der Waals surface area (Å²) in [5.74, 6) is -0.175. The number of hydrogen-bond acceptors (Lipinski definition) is 4. The quantitative estimate of drug-likeness (QED) is 0.515. The number of pyridine rings is 1. The van der Waals surface area contributed by atoms with Crippen LogP contribution in [0.25, 0.3) is 28.1 Å². The van der Waals surface area contributed by atoms with Gasteiger partial charge in [-0.2, -0.15) is 0 Å². The van der Waals surface area contributed by atoms with E-state index in [0.717, 1.165) is 11.1 Å². The molecule has 0 aliphatic carbocycles. The zero-order valence-electron chi connectivity index (χ0n) is 16.3. The maximum atomic E-state index is 11.8. The fourth-order valence-corrected chi connectivity index (χ4v) is 3.97. The van der Waals surface area contributed by atoms with Crippen molar-refractivity contribution in [3.05, 3.63) is 75.2 Å². The number of aliphatic hydroxyl groups excluding tert-OH is 1. The Hall–Kier alpha value is -2.57. The molecule has 1 unspecified atom stereocenters. The fourth-order valence-electron chi connectivity index (χ4n) is 3.35. The van der Waals surface area contributed by atoms with Gasteiger partial charge in [-0.05, 0) is 55.0 Å². The highest BCUT2D eigenvalue weighted by molar-refractivity contribution is 6.36. The van der Waals surface area contributed by atoms with Gasteiger partial charge in [0.1, 0.15) is 12.7 Å². The van der Waals surface area contributed by atoms with E-state index in [0.29, 0.717) is 43.5 Å². The molecule has 0 bridgehead atoms. The summed E-state index contributed by atoms with van der Waals surface area (Å²) in [7, 11) is 0. The highest BCUT2D eigenvalue weighted by Crippen LogP contribution is 2.41. The molecule has 0 saturated heterocycles. The summed E-state index contributed by atoms with van der Waals surface area (Å²) in [6.07, 6.45) is 1.43. The van der Waals surface area contributed by atoms with Crippen molar-refractivity contribution in [2.45, 2.75) is 13.0 Å². The Morgan fingerprint density at radius 3 is 2.42 bits per heavy atom. The second-order valence-corrected chi connectivity index (χ2v) is 8.26. The van der Waals surface area contributed by atoms with E-state index < -0.39 is 12.5 Å². The van der Waals surface area contributed by atoms with Gasteiger partial charge in [0, 0.05) is 21.2 Å². The fraction of sp³-hybridized carbons (Fsp3) is 0.130. The van der Waals surface area contributed by atoms with Crippen LogP contribution in [0, 0.1) is 0 Å². The number of aliphatic hydroxyl groups is 1. The SMILES string of the molecule is CC1C=C(NC(=O)CO)c2cc(-c3ccc(Cl)cc3)c(-c3ccc(Cl)cc3Cl)nc2O1. The molecule has 1 aromatic heterocycles. The molecule has 2 heterocycles. The third-order valence-corrected chi connectivity index (χ3v) is 5.54. The molecule has 8 heteroatoms. The number of benzene rings is 2. The summed E-state index contributed by atoms with van der Waals surface area (Å²) >= 11 is 18.7. The third-order valence-electron chi connectivity index (χ3n) is 4.74. The first-order valence-electron chi connectivity index (χ1n) is 9.41. The van der Waals surface area contributed by atoms with Crippen molar-refractivity contribution in [2.24, 2.45) is 0 Å². The number of aromatic nitrogens is 1. The van der Waals surface area contributed by atoms with Crippen LogP contribution in [0.15, 0.2) is 54.6 Å². The topological polar surface area (TPSA) is 71.5 Å². The first-order chi connectivity index (χ1) is 14.9. The van der Waals surface area contributed by atoms with E-state index >= 15 is 0 Å². The van der Waals surface area contributed by atoms with Crippen molar-refractivity contribution in [2.75, 3.05) is 6.61 Å². The standard InChI is InChI=1S/C23H17Cl3N2O3/c1-12-8-20(27-21(30)11-29)18-10-17(13-2-4-14(24)5-3-13)22(28-23(18)31-12)16-7-6-15(25)9-19(16)26/h2-10,12,29H,11H2,1H3,(H,27,30). The molecule has 0 saturated carbocycles. The van der Waals surface area contributed by atoms with Gasteiger partial charge in [-0.1, -0.05) is 46.9 Å². The van der Waals surface area contributed by atoms with Crippen LogP contribution < -0.4 is 10.1 Å². The van der Waals surface area contributed by atoms with Crippen LogP contribution in [-0.4, -0.2) is 28.7 Å². The van der Waals surface area contributed by atoms with Gasteiger partial charge in [-0.15, -0.1) is 0 Å². The molecule has 1 aliphatic rings. The molecule has 0 spiro atoms. The van der Waals surface area contributed by atoms with Gasteiger partial charge in [0.25, 0.3) is 0 Å². The largest absolute Gasteiger partial charge is 0.470 e. The van der Waals surface area contributed by atoms with E-state index in [4.69, 9.17) is 49.6 Å². The Morgan fingerprint density at radius 1 is 1.03 bits per heavy atom. The van der Waals surface area contributed by atoms with Crippen molar-refractivity contribution in [3.8, 4) is 28.3 Å². The lowest BCUT2D eigenvalue weighted by Gasteiger charge is -2.25. The summed E-state index contributed by atoms with van der Waals surface area (Å²) < 4.78 is 5.92. The molecule has 1 amide bonds. The lowest BCUT2D eigenvalue weighted by atomic mass is 9.96. The van der Waals surface area contributed by atoms with Crippen molar-refractivity contribution in [1.82, 2.24) is 10.3 Å². The van der Waals surface area contributed by atoms with Gasteiger partial charge in [0.05, 0.1) is 22.0 Å². The van der Waals surface area contributed by atoms with E-state index in [2.05, 4.69) is 5.32 Å². The zero-order chi connectivity index (χ0) is 22.1. The van der Waals surface area contributed by atoms with Crippen molar-refractivity contribution in [1.29, 1.82) is 0 Å². The van der Waals surface area contributed by atoms with Gasteiger partial charge in [-0.25, -0.2) is 4.98 Å². The number of halogens is 3. The number of carbonyl (C=O) groups is 1. The molecule has 1 aliphatic heterocycles. The second-order valence-electron chi connectivity index (χ2n) is 6.98.